The van der Waals surface area contributed by atoms with Crippen LogP contribution in [0.15, 0.2) is 91.0 Å². The van der Waals surface area contributed by atoms with Gasteiger partial charge in [0.2, 0.25) is 0 Å². The van der Waals surface area contributed by atoms with Gasteiger partial charge in [-0.1, -0.05) is 91.1 Å². The molecule has 1 unspecified atom stereocenters. The summed E-state index contributed by atoms with van der Waals surface area (Å²) in [6.45, 7) is 0.259. The van der Waals surface area contributed by atoms with Crippen LogP contribution in [-0.2, 0) is 4.74 Å². The van der Waals surface area contributed by atoms with Crippen molar-refractivity contribution in [3.63, 3.8) is 0 Å². The number of esters is 1. The van der Waals surface area contributed by atoms with E-state index in [1.807, 2.05) is 78.9 Å². The van der Waals surface area contributed by atoms with E-state index in [-0.39, 0.29) is 17.8 Å². The average Bonchev–Trinajstić information content (AvgIpc) is 2.72. The van der Waals surface area contributed by atoms with Gasteiger partial charge in [-0.05, 0) is 23.3 Å². The van der Waals surface area contributed by atoms with E-state index in [0.29, 0.717) is 5.56 Å². The van der Waals surface area contributed by atoms with E-state index in [2.05, 4.69) is 0 Å². The molecule has 3 rings (SSSR count). The van der Waals surface area contributed by atoms with Crippen LogP contribution >= 0.6 is 24.0 Å². The molecule has 0 bridgehead atoms. The van der Waals surface area contributed by atoms with Crippen molar-refractivity contribution in [2.24, 2.45) is 0 Å². The van der Waals surface area contributed by atoms with Crippen LogP contribution in [0.4, 0.5) is 0 Å². The minimum atomic E-state index is -0.322. The molecule has 0 radical (unpaired) electrons. The van der Waals surface area contributed by atoms with Crippen LogP contribution in [0.5, 0.6) is 0 Å². The van der Waals surface area contributed by atoms with Crippen molar-refractivity contribution in [2.45, 2.75) is 5.25 Å². The van der Waals surface area contributed by atoms with Crippen molar-refractivity contribution in [1.82, 2.24) is 0 Å². The molecular formula is C22H18O2S2. The van der Waals surface area contributed by atoms with E-state index in [1.54, 1.807) is 23.9 Å². The highest BCUT2D eigenvalue weighted by molar-refractivity contribution is 8.23. The van der Waals surface area contributed by atoms with Gasteiger partial charge in [-0.25, -0.2) is 4.79 Å². The first-order chi connectivity index (χ1) is 12.7. The van der Waals surface area contributed by atoms with Crippen LogP contribution in [-0.4, -0.2) is 16.8 Å². The summed E-state index contributed by atoms with van der Waals surface area (Å²) in [6, 6.07) is 28.9. The molecule has 3 aromatic carbocycles. The number of hydrogen-bond donors (Lipinski definition) is 0. The fourth-order valence-electron chi connectivity index (χ4n) is 2.45. The largest absolute Gasteiger partial charge is 0.461 e. The van der Waals surface area contributed by atoms with E-state index in [9.17, 15) is 4.79 Å². The van der Waals surface area contributed by atoms with E-state index >= 15 is 0 Å². The topological polar surface area (TPSA) is 26.3 Å². The van der Waals surface area contributed by atoms with Crippen molar-refractivity contribution < 1.29 is 9.53 Å². The van der Waals surface area contributed by atoms with Crippen molar-refractivity contribution in [1.29, 1.82) is 0 Å². The Labute approximate surface area is 163 Å². The van der Waals surface area contributed by atoms with Crippen molar-refractivity contribution in [3.8, 4) is 0 Å². The maximum absolute atomic E-state index is 12.3. The van der Waals surface area contributed by atoms with Crippen LogP contribution in [0, 0.1) is 0 Å². The smallest absolute Gasteiger partial charge is 0.338 e. The molecule has 0 heterocycles. The summed E-state index contributed by atoms with van der Waals surface area (Å²) >= 11 is 7.13. The highest BCUT2D eigenvalue weighted by Crippen LogP contribution is 2.32. The fourth-order valence-corrected chi connectivity index (χ4v) is 3.89. The van der Waals surface area contributed by atoms with Crippen molar-refractivity contribution >= 4 is 34.1 Å². The maximum Gasteiger partial charge on any atom is 0.338 e. The van der Waals surface area contributed by atoms with Crippen LogP contribution in [0.1, 0.15) is 26.7 Å². The number of carbonyl (C=O) groups is 1. The Kier molecular flexibility index (Phi) is 6.58. The monoisotopic (exact) mass is 378 g/mol. The molecule has 0 N–H and O–H groups in total. The molecule has 1 atom stereocenters. The molecule has 3 aromatic rings. The summed E-state index contributed by atoms with van der Waals surface area (Å²) in [5.41, 5.74) is 2.63. The molecule has 0 aliphatic heterocycles. The normalized spacial score (nSPS) is 11.5. The second-order valence-electron chi connectivity index (χ2n) is 5.64. The van der Waals surface area contributed by atoms with Crippen LogP contribution < -0.4 is 0 Å². The third-order valence-corrected chi connectivity index (χ3v) is 5.47. The highest BCUT2D eigenvalue weighted by Gasteiger charge is 2.18. The van der Waals surface area contributed by atoms with Crippen molar-refractivity contribution in [2.75, 3.05) is 6.61 Å². The summed E-state index contributed by atoms with van der Waals surface area (Å²) < 4.78 is 6.35. The lowest BCUT2D eigenvalue weighted by Crippen LogP contribution is -2.12. The number of hydrogen-bond acceptors (Lipinski definition) is 4. The predicted octanol–water partition coefficient (Wildman–Crippen LogP) is 5.69. The lowest BCUT2D eigenvalue weighted by Gasteiger charge is -2.18. The Balaban J connectivity index is 1.72. The fraction of sp³-hybridized carbons (Fsp3) is 0.0909. The minimum absolute atomic E-state index is 0.0587. The summed E-state index contributed by atoms with van der Waals surface area (Å²) in [7, 11) is 0. The maximum atomic E-state index is 12.3. The molecule has 0 saturated heterocycles. The molecule has 0 aliphatic rings. The van der Waals surface area contributed by atoms with Gasteiger partial charge in [0.05, 0.1) is 15.0 Å². The van der Waals surface area contributed by atoms with Crippen LogP contribution in [0.2, 0.25) is 0 Å². The third-order valence-electron chi connectivity index (χ3n) is 3.81. The molecule has 0 spiro atoms. The Hall–Kier alpha value is -2.43. The highest BCUT2D eigenvalue weighted by atomic mass is 32.2. The second kappa shape index (κ2) is 9.32. The number of thioether (sulfide) groups is 1. The predicted molar refractivity (Wildman–Crippen MR) is 112 cm³/mol. The zero-order chi connectivity index (χ0) is 18.2. The summed E-state index contributed by atoms with van der Waals surface area (Å²) in [4.78, 5) is 12.3. The number of thiocarbonyl (C=S) groups is 1. The van der Waals surface area contributed by atoms with Gasteiger partial charge < -0.3 is 4.74 Å². The minimum Gasteiger partial charge on any atom is -0.461 e. The van der Waals surface area contributed by atoms with Gasteiger partial charge in [0.1, 0.15) is 6.61 Å². The first kappa shape index (κ1) is 18.4. The molecule has 2 nitrogen and oxygen atoms in total. The lowest BCUT2D eigenvalue weighted by molar-refractivity contribution is 0.0506. The zero-order valence-electron chi connectivity index (χ0n) is 14.1. The molecule has 0 saturated carbocycles. The van der Waals surface area contributed by atoms with Gasteiger partial charge in [-0.3, -0.25) is 0 Å². The van der Waals surface area contributed by atoms with Crippen LogP contribution in [0.25, 0.3) is 0 Å². The molecule has 0 fully saturated rings. The SMILES string of the molecule is O=C(OCC(SC(=S)c1ccccc1)c1ccccc1)c1ccccc1. The Morgan fingerprint density at radius 1 is 0.808 bits per heavy atom. The first-order valence-corrected chi connectivity index (χ1v) is 9.56. The average molecular weight is 379 g/mol. The molecule has 0 aromatic heterocycles. The summed E-state index contributed by atoms with van der Waals surface area (Å²) in [5, 5.41) is -0.0587. The molecule has 0 aliphatic carbocycles. The number of carbonyl (C=O) groups excluding carboxylic acids is 1. The lowest BCUT2D eigenvalue weighted by atomic mass is 10.1. The van der Waals surface area contributed by atoms with Gasteiger partial charge in [-0.15, -0.1) is 11.8 Å². The summed E-state index contributed by atoms with van der Waals surface area (Å²) in [6.07, 6.45) is 0. The van der Waals surface area contributed by atoms with Gasteiger partial charge in [0.25, 0.3) is 0 Å². The Morgan fingerprint density at radius 2 is 1.31 bits per heavy atom. The molecule has 130 valence electrons. The number of ether oxygens (including phenoxy) is 1. The van der Waals surface area contributed by atoms with Gasteiger partial charge in [-0.2, -0.15) is 0 Å². The Bertz CT molecular complexity index is 849. The zero-order valence-corrected chi connectivity index (χ0v) is 15.7. The van der Waals surface area contributed by atoms with E-state index in [4.69, 9.17) is 17.0 Å². The van der Waals surface area contributed by atoms with E-state index in [1.165, 1.54) is 0 Å². The standard InChI is InChI=1S/C22H18O2S2/c23-21(18-12-6-2-7-13-18)24-16-20(17-10-4-1-5-11-17)26-22(25)19-14-8-3-9-15-19/h1-15,20H,16H2. The molecule has 4 heteroatoms. The van der Waals surface area contributed by atoms with Gasteiger partial charge >= 0.3 is 5.97 Å². The Morgan fingerprint density at radius 3 is 1.88 bits per heavy atom. The van der Waals surface area contributed by atoms with Crippen molar-refractivity contribution in [3.05, 3.63) is 108 Å². The van der Waals surface area contributed by atoms with E-state index < -0.39 is 0 Å². The third kappa shape index (κ3) is 5.04. The van der Waals surface area contributed by atoms with E-state index in [0.717, 1.165) is 15.3 Å². The molecular weight excluding hydrogens is 360 g/mol. The van der Waals surface area contributed by atoms with Crippen LogP contribution in [0.3, 0.4) is 0 Å². The van der Waals surface area contributed by atoms with Gasteiger partial charge in [0, 0.05) is 0 Å². The molecule has 26 heavy (non-hydrogen) atoms. The quantitative estimate of drug-likeness (QED) is 0.406. The second-order valence-corrected chi connectivity index (χ2v) is 7.51. The number of benzene rings is 3. The van der Waals surface area contributed by atoms with Gasteiger partial charge in [0.15, 0.2) is 0 Å². The number of rotatable bonds is 6. The first-order valence-electron chi connectivity index (χ1n) is 8.27. The summed E-state index contributed by atoms with van der Waals surface area (Å²) in [5.74, 6) is -0.322. The molecule has 0 amide bonds.